The largest absolute Gasteiger partial charge is 0.326 e. The van der Waals surface area contributed by atoms with Gasteiger partial charge in [-0.2, -0.15) is 0 Å². The summed E-state index contributed by atoms with van der Waals surface area (Å²) in [5.74, 6) is -0.734. The number of nitrogens with one attached hydrogen (secondary N) is 1. The van der Waals surface area contributed by atoms with E-state index >= 15 is 0 Å². The minimum absolute atomic E-state index is 0.211. The van der Waals surface area contributed by atoms with Crippen molar-refractivity contribution >= 4 is 23.4 Å². The number of carbonyl (C=O) groups excluding carboxylic acids is 3. The molecule has 2 aromatic rings. The van der Waals surface area contributed by atoms with E-state index < -0.39 is 0 Å². The quantitative estimate of drug-likeness (QED) is 0.479. The number of amides is 3. The summed E-state index contributed by atoms with van der Waals surface area (Å²) in [5, 5.41) is 2.65. The zero-order chi connectivity index (χ0) is 21.5. The van der Waals surface area contributed by atoms with Crippen molar-refractivity contribution in [3.8, 4) is 0 Å². The van der Waals surface area contributed by atoms with E-state index in [1.165, 1.54) is 17.4 Å². The number of fused-ring (bicyclic) bond motifs is 1. The fourth-order valence-electron chi connectivity index (χ4n) is 3.75. The molecule has 0 fully saturated rings. The molecule has 0 unspecified atom stereocenters. The van der Waals surface area contributed by atoms with Gasteiger partial charge < -0.3 is 5.32 Å². The Kier molecular flexibility index (Phi) is 7.36. The summed E-state index contributed by atoms with van der Waals surface area (Å²) in [4.78, 5) is 40.2. The monoisotopic (exact) mass is 407 g/mol. The fraction of sp³-hybridized carbons (Fsp3) is 0.375. The van der Waals surface area contributed by atoms with E-state index in [4.69, 9.17) is 0 Å². The summed E-state index contributed by atoms with van der Waals surface area (Å²) in [7, 11) is 0. The average molecular weight is 408 g/mol. The Morgan fingerprint density at radius 3 is 2.40 bits per heavy atom. The van der Waals surface area contributed by atoms with Crippen LogP contribution in [0.3, 0.4) is 0 Å². The molecule has 0 spiro atoms. The third-order valence-corrected chi connectivity index (χ3v) is 5.34. The normalized spacial score (nSPS) is 13.1. The molecule has 3 amide bonds. The number of carbonyl (C=O) groups is 3. The van der Waals surface area contributed by atoms with E-state index in [0.29, 0.717) is 23.4 Å². The summed E-state index contributed by atoms with van der Waals surface area (Å²) >= 11 is 0. The van der Waals surface area contributed by atoms with Gasteiger partial charge in [0.1, 0.15) is 0 Å². The first-order valence-electron chi connectivity index (χ1n) is 10.5. The summed E-state index contributed by atoms with van der Waals surface area (Å²) in [6.07, 6.45) is 2.76. The van der Waals surface area contributed by atoms with Crippen LogP contribution in [0, 0.1) is 0 Å². The lowest BCUT2D eigenvalue weighted by Crippen LogP contribution is -2.31. The third kappa shape index (κ3) is 5.33. The molecule has 0 aliphatic carbocycles. The van der Waals surface area contributed by atoms with Crippen LogP contribution in [-0.2, 0) is 11.3 Å². The minimum Gasteiger partial charge on any atom is -0.326 e. The van der Waals surface area contributed by atoms with Crippen molar-refractivity contribution in [2.75, 3.05) is 25.0 Å². The smallest absolute Gasteiger partial charge is 0.261 e. The zero-order valence-electron chi connectivity index (χ0n) is 17.7. The number of hydrogen-bond donors (Lipinski definition) is 1. The van der Waals surface area contributed by atoms with E-state index in [1.807, 2.05) is 6.07 Å². The Morgan fingerprint density at radius 1 is 0.967 bits per heavy atom. The van der Waals surface area contributed by atoms with Crippen molar-refractivity contribution in [3.05, 3.63) is 65.2 Å². The van der Waals surface area contributed by atoms with Crippen molar-refractivity contribution in [2.45, 2.75) is 39.7 Å². The molecular formula is C24H29N3O3. The predicted molar refractivity (Wildman–Crippen MR) is 117 cm³/mol. The van der Waals surface area contributed by atoms with Gasteiger partial charge in [-0.15, -0.1) is 0 Å². The molecule has 6 heteroatoms. The van der Waals surface area contributed by atoms with Crippen LogP contribution in [0.15, 0.2) is 48.5 Å². The molecule has 0 saturated heterocycles. The molecule has 1 aliphatic rings. The number of anilines is 1. The molecule has 0 radical (unpaired) electrons. The van der Waals surface area contributed by atoms with E-state index in [-0.39, 0.29) is 17.7 Å². The number of unbranched alkanes of at least 4 members (excludes halogenated alkanes) is 2. The first-order valence-corrected chi connectivity index (χ1v) is 10.5. The van der Waals surface area contributed by atoms with Crippen LogP contribution in [0.5, 0.6) is 0 Å². The molecule has 0 atom stereocenters. The molecule has 1 aliphatic heterocycles. The molecule has 158 valence electrons. The van der Waals surface area contributed by atoms with Crippen LogP contribution in [0.2, 0.25) is 0 Å². The van der Waals surface area contributed by atoms with Crippen LogP contribution in [0.4, 0.5) is 5.69 Å². The Hall–Kier alpha value is -2.99. The highest BCUT2D eigenvalue weighted by Crippen LogP contribution is 2.26. The van der Waals surface area contributed by atoms with Gasteiger partial charge in [-0.1, -0.05) is 43.7 Å². The van der Waals surface area contributed by atoms with Crippen molar-refractivity contribution in [1.82, 2.24) is 9.80 Å². The molecule has 1 N–H and O–H groups in total. The number of imide groups is 1. The van der Waals surface area contributed by atoms with Crippen LogP contribution in [0.25, 0.3) is 0 Å². The second kappa shape index (κ2) is 10.2. The highest BCUT2D eigenvalue weighted by molar-refractivity contribution is 6.21. The highest BCUT2D eigenvalue weighted by Gasteiger charge is 2.35. The van der Waals surface area contributed by atoms with Gasteiger partial charge in [0.2, 0.25) is 5.91 Å². The standard InChI is InChI=1S/C24H29N3O3/c1-3-26(17-19-10-6-4-7-11-19)14-8-5-9-15-27-23(29)21-13-12-20(25-18(2)28)16-22(21)24(27)30/h4,6-7,10-13,16H,3,5,8-9,14-15,17H2,1-2H3,(H,25,28). The van der Waals surface area contributed by atoms with Crippen molar-refractivity contribution in [1.29, 1.82) is 0 Å². The molecule has 2 aromatic carbocycles. The van der Waals surface area contributed by atoms with Gasteiger partial charge in [-0.25, -0.2) is 0 Å². The molecule has 30 heavy (non-hydrogen) atoms. The van der Waals surface area contributed by atoms with E-state index in [0.717, 1.165) is 38.9 Å². The Balaban J connectivity index is 1.46. The van der Waals surface area contributed by atoms with E-state index in [2.05, 4.69) is 41.4 Å². The van der Waals surface area contributed by atoms with Gasteiger partial charge in [0, 0.05) is 25.7 Å². The van der Waals surface area contributed by atoms with Crippen molar-refractivity contribution in [3.63, 3.8) is 0 Å². The van der Waals surface area contributed by atoms with Crippen LogP contribution < -0.4 is 5.32 Å². The van der Waals surface area contributed by atoms with E-state index in [1.54, 1.807) is 18.2 Å². The van der Waals surface area contributed by atoms with Gasteiger partial charge in [-0.05, 0) is 49.7 Å². The topological polar surface area (TPSA) is 69.7 Å². The molecule has 0 aromatic heterocycles. The lowest BCUT2D eigenvalue weighted by atomic mass is 10.1. The van der Waals surface area contributed by atoms with E-state index in [9.17, 15) is 14.4 Å². The predicted octanol–water partition coefficient (Wildman–Crippen LogP) is 3.93. The Bertz CT molecular complexity index is 911. The summed E-state index contributed by atoms with van der Waals surface area (Å²) in [6, 6.07) is 15.3. The SMILES string of the molecule is CCN(CCCCCN1C(=O)c2ccc(NC(C)=O)cc2C1=O)Cc1ccccc1. The maximum absolute atomic E-state index is 12.7. The first kappa shape index (κ1) is 21.7. The number of nitrogens with zero attached hydrogens (tertiary/aromatic N) is 2. The molecule has 6 nitrogen and oxygen atoms in total. The second-order valence-corrected chi connectivity index (χ2v) is 7.62. The Labute approximate surface area is 177 Å². The van der Waals surface area contributed by atoms with Gasteiger partial charge in [0.15, 0.2) is 0 Å². The van der Waals surface area contributed by atoms with Crippen LogP contribution in [0.1, 0.15) is 59.4 Å². The maximum atomic E-state index is 12.7. The molecule has 1 heterocycles. The lowest BCUT2D eigenvalue weighted by molar-refractivity contribution is -0.114. The molecule has 3 rings (SSSR count). The van der Waals surface area contributed by atoms with Gasteiger partial charge >= 0.3 is 0 Å². The number of rotatable bonds is 10. The fourth-order valence-corrected chi connectivity index (χ4v) is 3.75. The van der Waals surface area contributed by atoms with Crippen LogP contribution >= 0.6 is 0 Å². The maximum Gasteiger partial charge on any atom is 0.261 e. The first-order chi connectivity index (χ1) is 14.5. The lowest BCUT2D eigenvalue weighted by Gasteiger charge is -2.20. The molecule has 0 saturated carbocycles. The average Bonchev–Trinajstić information content (AvgIpc) is 2.97. The summed E-state index contributed by atoms with van der Waals surface area (Å²) < 4.78 is 0. The number of benzene rings is 2. The van der Waals surface area contributed by atoms with Crippen molar-refractivity contribution < 1.29 is 14.4 Å². The minimum atomic E-state index is -0.276. The Morgan fingerprint density at radius 2 is 1.70 bits per heavy atom. The summed E-state index contributed by atoms with van der Waals surface area (Å²) in [5.41, 5.74) is 2.62. The number of hydrogen-bond acceptors (Lipinski definition) is 4. The van der Waals surface area contributed by atoms with Gasteiger partial charge in [-0.3, -0.25) is 24.2 Å². The van der Waals surface area contributed by atoms with Crippen LogP contribution in [-0.4, -0.2) is 47.2 Å². The molecule has 0 bridgehead atoms. The highest BCUT2D eigenvalue weighted by atomic mass is 16.2. The summed E-state index contributed by atoms with van der Waals surface area (Å²) in [6.45, 7) is 6.92. The molecular weight excluding hydrogens is 378 g/mol. The van der Waals surface area contributed by atoms with Gasteiger partial charge in [0.05, 0.1) is 11.1 Å². The van der Waals surface area contributed by atoms with Crippen molar-refractivity contribution in [2.24, 2.45) is 0 Å². The second-order valence-electron chi connectivity index (χ2n) is 7.62. The zero-order valence-corrected chi connectivity index (χ0v) is 17.7. The van der Waals surface area contributed by atoms with Gasteiger partial charge in [0.25, 0.3) is 11.8 Å². The third-order valence-electron chi connectivity index (χ3n) is 5.34.